The number of hydrogen-bond acceptors (Lipinski definition) is 16. The van der Waals surface area contributed by atoms with Gasteiger partial charge in [-0.3, -0.25) is 28.5 Å². The Hall–Kier alpha value is -8.40. The van der Waals surface area contributed by atoms with Crippen LogP contribution in [0, 0.1) is 60.2 Å². The molecule has 0 radical (unpaired) electrons. The molecular formula is C64H86N10O12. The summed E-state index contributed by atoms with van der Waals surface area (Å²) in [6.07, 6.45) is -2.83. The number of benzene rings is 2. The van der Waals surface area contributed by atoms with Crippen LogP contribution in [-0.4, -0.2) is 163 Å². The van der Waals surface area contributed by atoms with E-state index in [0.29, 0.717) is 35.6 Å². The van der Waals surface area contributed by atoms with Gasteiger partial charge in [-0.05, 0) is 99.3 Å². The number of aromatic nitrogens is 4. The van der Waals surface area contributed by atoms with Crippen LogP contribution < -0.4 is 0 Å². The summed E-state index contributed by atoms with van der Waals surface area (Å²) >= 11 is 0. The molecule has 464 valence electrons. The van der Waals surface area contributed by atoms with E-state index in [9.17, 15) is 39.3 Å². The molecule has 22 heteroatoms. The van der Waals surface area contributed by atoms with Crippen molar-refractivity contribution in [1.29, 1.82) is 10.5 Å². The SMILES string of the molecule is Cc1cn(Cc2ccc(C[C@H]3OC(=O)[C@H](CC(C)C)N(C)C(=O)[C@@H](C)OC(=O)[C@H](CC(C)C)N(C)C(=O)[C@@H](Cc4ccc(Cn5cc(C)c(C#N)n5)cc4)OC(=O)[C@H](CC(C)C)N(C)C(=O)[C@@H](C)OC(=O)[C@H](CC(C)C)N(C)C3=O)cc2)nc1C#N. The molecule has 1 fully saturated rings. The second-order valence-electron chi connectivity index (χ2n) is 24.4. The highest BCUT2D eigenvalue weighted by Gasteiger charge is 2.43. The molecule has 4 amide bonds. The molecule has 22 nitrogen and oxygen atoms in total. The molecule has 4 aromatic rings. The van der Waals surface area contributed by atoms with Gasteiger partial charge in [0, 0.05) is 64.6 Å². The van der Waals surface area contributed by atoms with Crippen molar-refractivity contribution in [3.05, 3.63) is 106 Å². The van der Waals surface area contributed by atoms with Crippen LogP contribution >= 0.6 is 0 Å². The quantitative estimate of drug-likeness (QED) is 0.0854. The minimum atomic E-state index is -1.58. The van der Waals surface area contributed by atoms with Crippen molar-refractivity contribution >= 4 is 47.5 Å². The lowest BCUT2D eigenvalue weighted by molar-refractivity contribution is -0.176. The Labute approximate surface area is 505 Å². The van der Waals surface area contributed by atoms with Gasteiger partial charge in [0.2, 0.25) is 0 Å². The van der Waals surface area contributed by atoms with E-state index >= 15 is 9.59 Å². The Kier molecular flexibility index (Phi) is 24.3. The molecule has 2 aromatic carbocycles. The number of aryl methyl sites for hydroxylation is 2. The topological polar surface area (TPSA) is 270 Å². The first-order valence-electron chi connectivity index (χ1n) is 29.4. The van der Waals surface area contributed by atoms with Crippen LogP contribution in [0.2, 0.25) is 0 Å². The summed E-state index contributed by atoms with van der Waals surface area (Å²) in [5, 5.41) is 27.6. The van der Waals surface area contributed by atoms with E-state index in [1.54, 1.807) is 59.9 Å². The molecule has 0 bridgehead atoms. The number of rotatable bonds is 16. The number of nitrogens with zero attached hydrogens (tertiary/aromatic N) is 10. The standard InChI is InChI=1S/C64H86N10O12/c1-37(2)25-51-61(79)83-43(11)57(75)69(13)54(28-40(7)8)64(82)86-56(30-46-19-23-48(24-20-46)36-74-34-42(10)50(32-66)68-74)60(78)72(16)52(26-38(3)4)62(80)84-44(12)58(76)70(14)53(27-39(5)6)63(81)85-55(59(77)71(51)15)29-45-17-21-47(22-18-45)35-73-33-41(9)49(31-65)67-73/h17-24,33-34,37-40,43-44,51-56H,25-30,35-36H2,1-16H3/t43-,44-,51+,52+,53+,54+,55-,56-/m1/s1. The van der Waals surface area contributed by atoms with Crippen molar-refractivity contribution in [2.45, 2.75) is 183 Å². The van der Waals surface area contributed by atoms with Crippen LogP contribution in [0.15, 0.2) is 60.9 Å². The Morgan fingerprint density at radius 3 is 0.942 bits per heavy atom. The third-order valence-corrected chi connectivity index (χ3v) is 15.2. The van der Waals surface area contributed by atoms with Crippen LogP contribution in [-0.2, 0) is 83.2 Å². The summed E-state index contributed by atoms with van der Waals surface area (Å²) in [4.78, 5) is 122. The average molecular weight is 1190 g/mol. The van der Waals surface area contributed by atoms with Gasteiger partial charge in [-0.15, -0.1) is 0 Å². The number of likely N-dealkylation sites (N-methyl/N-ethyl adjacent to an activating group) is 4. The van der Waals surface area contributed by atoms with Crippen LogP contribution in [0.4, 0.5) is 0 Å². The van der Waals surface area contributed by atoms with E-state index in [-0.39, 0.29) is 62.2 Å². The lowest BCUT2D eigenvalue weighted by atomic mass is 9.99. The molecule has 3 heterocycles. The Morgan fingerprint density at radius 2 is 0.686 bits per heavy atom. The van der Waals surface area contributed by atoms with Crippen molar-refractivity contribution in [3.8, 4) is 12.1 Å². The molecule has 86 heavy (non-hydrogen) atoms. The van der Waals surface area contributed by atoms with Gasteiger partial charge in [0.05, 0.1) is 13.1 Å². The molecule has 2 aromatic heterocycles. The third-order valence-electron chi connectivity index (χ3n) is 15.2. The number of carbonyl (C=O) groups is 8. The van der Waals surface area contributed by atoms with Crippen LogP contribution in [0.25, 0.3) is 0 Å². The normalized spacial score (nSPS) is 22.3. The highest BCUT2D eigenvalue weighted by molar-refractivity contribution is 5.94. The van der Waals surface area contributed by atoms with Crippen LogP contribution in [0.5, 0.6) is 0 Å². The maximum Gasteiger partial charge on any atom is 0.329 e. The monoisotopic (exact) mass is 1190 g/mol. The van der Waals surface area contributed by atoms with Crippen molar-refractivity contribution in [3.63, 3.8) is 0 Å². The second kappa shape index (κ2) is 30.6. The smallest absolute Gasteiger partial charge is 0.329 e. The Bertz CT molecular complexity index is 2910. The fourth-order valence-electron chi connectivity index (χ4n) is 10.3. The maximum absolute atomic E-state index is 15.1. The second-order valence-corrected chi connectivity index (χ2v) is 24.4. The summed E-state index contributed by atoms with van der Waals surface area (Å²) in [5.41, 5.74) is 4.80. The van der Waals surface area contributed by atoms with E-state index in [0.717, 1.165) is 41.9 Å². The number of nitriles is 2. The minimum absolute atomic E-state index is 0.0531. The summed E-state index contributed by atoms with van der Waals surface area (Å²) in [7, 11) is 5.48. The van der Waals surface area contributed by atoms with Crippen molar-refractivity contribution in [2.75, 3.05) is 28.2 Å². The van der Waals surface area contributed by atoms with E-state index in [1.807, 2.05) is 79.7 Å². The summed E-state index contributed by atoms with van der Waals surface area (Å²) in [5.74, 6) is -7.79. The van der Waals surface area contributed by atoms with Crippen LogP contribution in [0.3, 0.4) is 0 Å². The van der Waals surface area contributed by atoms with Crippen molar-refractivity contribution in [2.24, 2.45) is 23.7 Å². The van der Waals surface area contributed by atoms with Gasteiger partial charge < -0.3 is 38.5 Å². The number of ether oxygens (including phenoxy) is 4. The zero-order valence-electron chi connectivity index (χ0n) is 52.7. The van der Waals surface area contributed by atoms with E-state index < -0.39 is 96.1 Å². The Morgan fingerprint density at radius 1 is 0.430 bits per heavy atom. The molecule has 1 aliphatic rings. The fraction of sp³-hybridized carbons (Fsp3) is 0.562. The van der Waals surface area contributed by atoms with Gasteiger partial charge in [0.15, 0.2) is 35.8 Å². The van der Waals surface area contributed by atoms with Crippen molar-refractivity contribution < 1.29 is 57.3 Å². The molecule has 8 atom stereocenters. The number of cyclic esters (lactones) is 4. The number of amides is 4. The van der Waals surface area contributed by atoms with E-state index in [4.69, 9.17) is 18.9 Å². The molecule has 0 unspecified atom stereocenters. The lowest BCUT2D eigenvalue weighted by Crippen LogP contribution is -2.55. The zero-order valence-corrected chi connectivity index (χ0v) is 52.7. The van der Waals surface area contributed by atoms with Gasteiger partial charge in [-0.1, -0.05) is 104 Å². The first-order chi connectivity index (χ1) is 40.4. The number of esters is 4. The van der Waals surface area contributed by atoms with Crippen molar-refractivity contribution in [1.82, 2.24) is 39.2 Å². The maximum atomic E-state index is 15.1. The summed E-state index contributed by atoms with van der Waals surface area (Å²) < 4.78 is 27.5. The molecule has 0 spiro atoms. The molecular weight excluding hydrogens is 1100 g/mol. The van der Waals surface area contributed by atoms with Gasteiger partial charge >= 0.3 is 23.9 Å². The number of hydrogen-bond donors (Lipinski definition) is 0. The Balaban J connectivity index is 1.59. The molecule has 1 saturated heterocycles. The highest BCUT2D eigenvalue weighted by Crippen LogP contribution is 2.25. The third kappa shape index (κ3) is 18.3. The summed E-state index contributed by atoms with van der Waals surface area (Å²) in [6.45, 7) is 21.6. The predicted molar refractivity (Wildman–Crippen MR) is 317 cm³/mol. The molecule has 1 aliphatic heterocycles. The minimum Gasteiger partial charge on any atom is -0.451 e. The zero-order chi connectivity index (χ0) is 64.0. The molecule has 5 rings (SSSR count). The van der Waals surface area contributed by atoms with Crippen LogP contribution in [0.1, 0.15) is 140 Å². The highest BCUT2D eigenvalue weighted by atomic mass is 16.6. The molecule has 0 N–H and O–H groups in total. The lowest BCUT2D eigenvalue weighted by Gasteiger charge is -2.35. The van der Waals surface area contributed by atoms with Gasteiger partial charge in [-0.2, -0.15) is 20.7 Å². The van der Waals surface area contributed by atoms with E-state index in [2.05, 4.69) is 22.3 Å². The van der Waals surface area contributed by atoms with Gasteiger partial charge in [-0.25, -0.2) is 19.2 Å². The van der Waals surface area contributed by atoms with Gasteiger partial charge in [0.1, 0.15) is 36.3 Å². The summed E-state index contributed by atoms with van der Waals surface area (Å²) in [6, 6.07) is 13.1. The average Bonchev–Trinajstić information content (AvgIpc) is 2.26. The molecule has 0 aliphatic carbocycles. The van der Waals surface area contributed by atoms with E-state index in [1.165, 1.54) is 42.0 Å². The first-order valence-corrected chi connectivity index (χ1v) is 29.4. The predicted octanol–water partition coefficient (Wildman–Crippen LogP) is 6.51. The number of carbonyl (C=O) groups excluding carboxylic acids is 8. The molecule has 0 saturated carbocycles. The fourth-order valence-corrected chi connectivity index (χ4v) is 10.3. The first kappa shape index (κ1) is 68.4. The largest absolute Gasteiger partial charge is 0.451 e. The van der Waals surface area contributed by atoms with Gasteiger partial charge in [0.25, 0.3) is 23.6 Å².